The Labute approximate surface area is 151 Å². The molecule has 0 unspecified atom stereocenters. The summed E-state index contributed by atoms with van der Waals surface area (Å²) in [5, 5.41) is 21.9. The molecule has 10 heteroatoms. The Bertz CT molecular complexity index is 820. The van der Waals surface area contributed by atoms with Gasteiger partial charge in [-0.15, -0.1) is 0 Å². The van der Waals surface area contributed by atoms with Crippen LogP contribution in [0, 0.1) is 0 Å². The molecule has 2 aliphatic heterocycles. The molecule has 1 saturated heterocycles. The summed E-state index contributed by atoms with van der Waals surface area (Å²) in [4.78, 5) is 35.3. The SMILES string of the molecule is O=C([O-])C[C@H](C(=O)[O-])N1C(=O)/C(=C/c2ccc3c(c2)OCO3)SC1=S. The molecule has 25 heavy (non-hydrogen) atoms. The zero-order valence-electron chi connectivity index (χ0n) is 12.4. The zero-order valence-corrected chi connectivity index (χ0v) is 14.1. The molecular formula is C15H9NO7S2-2. The molecule has 0 spiro atoms. The van der Waals surface area contributed by atoms with E-state index in [-0.39, 0.29) is 16.0 Å². The number of rotatable bonds is 5. The average Bonchev–Trinajstić information content (AvgIpc) is 3.10. The molecule has 0 N–H and O–H groups in total. The van der Waals surface area contributed by atoms with Crippen molar-refractivity contribution in [3.05, 3.63) is 28.7 Å². The minimum Gasteiger partial charge on any atom is -0.550 e. The highest BCUT2D eigenvalue weighted by atomic mass is 32.2. The maximum absolute atomic E-state index is 12.5. The van der Waals surface area contributed by atoms with Gasteiger partial charge in [-0.05, 0) is 23.8 Å². The third kappa shape index (κ3) is 3.44. The van der Waals surface area contributed by atoms with Crippen LogP contribution in [0.1, 0.15) is 12.0 Å². The highest BCUT2D eigenvalue weighted by Crippen LogP contribution is 2.37. The van der Waals surface area contributed by atoms with Gasteiger partial charge in [0.2, 0.25) is 6.79 Å². The van der Waals surface area contributed by atoms with Crippen molar-refractivity contribution in [2.24, 2.45) is 0 Å². The Morgan fingerprint density at radius 1 is 1.32 bits per heavy atom. The molecule has 0 aliphatic carbocycles. The quantitative estimate of drug-likeness (QED) is 0.462. The molecule has 1 amide bonds. The third-order valence-corrected chi connectivity index (χ3v) is 4.79. The maximum Gasteiger partial charge on any atom is 0.266 e. The smallest absolute Gasteiger partial charge is 0.266 e. The Morgan fingerprint density at radius 2 is 2.04 bits per heavy atom. The van der Waals surface area contributed by atoms with Crippen molar-refractivity contribution >= 4 is 52.2 Å². The molecule has 2 aliphatic rings. The molecule has 2 heterocycles. The van der Waals surface area contributed by atoms with Crippen LogP contribution in [-0.4, -0.2) is 39.9 Å². The van der Waals surface area contributed by atoms with E-state index in [1.165, 1.54) is 6.08 Å². The van der Waals surface area contributed by atoms with Crippen LogP contribution in [0.4, 0.5) is 0 Å². The van der Waals surface area contributed by atoms with Gasteiger partial charge in [0.05, 0.1) is 16.9 Å². The predicted octanol–water partition coefficient (Wildman–Crippen LogP) is -1.12. The Morgan fingerprint density at radius 3 is 2.72 bits per heavy atom. The second-order valence-corrected chi connectivity index (χ2v) is 6.75. The van der Waals surface area contributed by atoms with E-state index in [1.54, 1.807) is 18.2 Å². The van der Waals surface area contributed by atoms with Crippen molar-refractivity contribution in [1.82, 2.24) is 4.90 Å². The number of carbonyl (C=O) groups is 3. The Balaban J connectivity index is 1.87. The number of hydrogen-bond donors (Lipinski definition) is 0. The van der Waals surface area contributed by atoms with E-state index in [4.69, 9.17) is 21.7 Å². The van der Waals surface area contributed by atoms with Crippen LogP contribution in [0.15, 0.2) is 23.1 Å². The van der Waals surface area contributed by atoms with Gasteiger partial charge < -0.3 is 29.3 Å². The molecular weight excluding hydrogens is 370 g/mol. The normalized spacial score (nSPS) is 18.7. The van der Waals surface area contributed by atoms with Crippen LogP contribution in [0.2, 0.25) is 0 Å². The van der Waals surface area contributed by atoms with Crippen LogP contribution in [0.3, 0.4) is 0 Å². The second-order valence-electron chi connectivity index (χ2n) is 5.08. The standard InChI is InChI=1S/C15H11NO7S2/c17-12(18)5-8(14(20)21)16-13(19)11(25-15(16)24)4-7-1-2-9-10(3-7)23-6-22-9/h1-4,8H,5-6H2,(H,17,18)(H,20,21)/p-2/b11-4-/t8-/m1/s1. The van der Waals surface area contributed by atoms with Gasteiger partial charge in [-0.25, -0.2) is 0 Å². The summed E-state index contributed by atoms with van der Waals surface area (Å²) in [7, 11) is 0. The van der Waals surface area contributed by atoms with Crippen LogP contribution in [0.5, 0.6) is 11.5 Å². The van der Waals surface area contributed by atoms with Crippen LogP contribution >= 0.6 is 24.0 Å². The summed E-state index contributed by atoms with van der Waals surface area (Å²) in [6, 6.07) is 3.30. The Kier molecular flexibility index (Phi) is 4.64. The van der Waals surface area contributed by atoms with Crippen molar-refractivity contribution < 1.29 is 34.1 Å². The number of fused-ring (bicyclic) bond motifs is 1. The van der Waals surface area contributed by atoms with Crippen LogP contribution < -0.4 is 19.7 Å². The first-order valence-corrected chi connectivity index (χ1v) is 8.16. The van der Waals surface area contributed by atoms with E-state index >= 15 is 0 Å². The summed E-state index contributed by atoms with van der Waals surface area (Å²) in [6.07, 6.45) is 0.596. The number of thiocarbonyl (C=S) groups is 1. The van der Waals surface area contributed by atoms with Gasteiger partial charge in [0, 0.05) is 12.4 Å². The van der Waals surface area contributed by atoms with E-state index in [0.29, 0.717) is 17.1 Å². The number of ether oxygens (including phenoxy) is 2. The van der Waals surface area contributed by atoms with Crippen molar-refractivity contribution in [3.63, 3.8) is 0 Å². The molecule has 0 bridgehead atoms. The number of benzene rings is 1. The molecule has 130 valence electrons. The van der Waals surface area contributed by atoms with Crippen molar-refractivity contribution in [1.29, 1.82) is 0 Å². The fourth-order valence-electron chi connectivity index (χ4n) is 2.34. The molecule has 3 rings (SSSR count). The first kappa shape index (κ1) is 17.2. The van der Waals surface area contributed by atoms with Crippen molar-refractivity contribution in [2.45, 2.75) is 12.5 Å². The number of carboxylic acid groups (broad SMARTS) is 2. The number of thioether (sulfide) groups is 1. The fourth-order valence-corrected chi connectivity index (χ4v) is 3.70. The summed E-state index contributed by atoms with van der Waals surface area (Å²) < 4.78 is 10.4. The molecule has 0 aromatic heterocycles. The maximum atomic E-state index is 12.5. The predicted molar refractivity (Wildman–Crippen MR) is 86.0 cm³/mol. The number of carbonyl (C=O) groups excluding carboxylic acids is 3. The minimum atomic E-state index is -1.72. The molecule has 0 saturated carbocycles. The lowest BCUT2D eigenvalue weighted by Crippen LogP contribution is -2.52. The van der Waals surface area contributed by atoms with Gasteiger partial charge in [-0.3, -0.25) is 9.69 Å². The third-order valence-electron chi connectivity index (χ3n) is 3.46. The molecule has 8 nitrogen and oxygen atoms in total. The van der Waals surface area contributed by atoms with E-state index in [2.05, 4.69) is 0 Å². The number of amides is 1. The van der Waals surface area contributed by atoms with Gasteiger partial charge in [0.1, 0.15) is 4.32 Å². The first-order chi connectivity index (χ1) is 11.9. The largest absolute Gasteiger partial charge is 0.550 e. The highest BCUT2D eigenvalue weighted by molar-refractivity contribution is 8.26. The Hall–Kier alpha value is -2.59. The highest BCUT2D eigenvalue weighted by Gasteiger charge is 2.37. The number of hydrogen-bond acceptors (Lipinski definition) is 9. The number of aliphatic carboxylic acids is 2. The summed E-state index contributed by atoms with van der Waals surface area (Å²) >= 11 is 5.89. The molecule has 1 atom stereocenters. The van der Waals surface area contributed by atoms with Crippen LogP contribution in [-0.2, 0) is 14.4 Å². The number of carboxylic acids is 2. The fraction of sp³-hybridized carbons (Fsp3) is 0.200. The van der Waals surface area contributed by atoms with Gasteiger partial charge in [0.25, 0.3) is 5.91 Å². The zero-order chi connectivity index (χ0) is 18.1. The van der Waals surface area contributed by atoms with E-state index < -0.39 is 30.3 Å². The molecule has 0 radical (unpaired) electrons. The lowest BCUT2D eigenvalue weighted by atomic mass is 10.1. The van der Waals surface area contributed by atoms with Crippen molar-refractivity contribution in [3.8, 4) is 11.5 Å². The molecule has 1 aromatic rings. The van der Waals surface area contributed by atoms with Crippen LogP contribution in [0.25, 0.3) is 6.08 Å². The van der Waals surface area contributed by atoms with Gasteiger partial charge >= 0.3 is 0 Å². The summed E-state index contributed by atoms with van der Waals surface area (Å²) in [6.45, 7) is 0.109. The van der Waals surface area contributed by atoms with Gasteiger partial charge in [-0.2, -0.15) is 0 Å². The average molecular weight is 379 g/mol. The van der Waals surface area contributed by atoms with E-state index in [1.807, 2.05) is 0 Å². The van der Waals surface area contributed by atoms with Crippen molar-refractivity contribution in [2.75, 3.05) is 6.79 Å². The molecule has 1 aromatic carbocycles. The second kappa shape index (κ2) is 6.73. The van der Waals surface area contributed by atoms with E-state index in [9.17, 15) is 24.6 Å². The first-order valence-electron chi connectivity index (χ1n) is 6.94. The molecule has 1 fully saturated rings. The summed E-state index contributed by atoms with van der Waals surface area (Å²) in [5.41, 5.74) is 0.620. The van der Waals surface area contributed by atoms with Gasteiger partial charge in [0.15, 0.2) is 11.5 Å². The number of nitrogens with zero attached hydrogens (tertiary/aromatic N) is 1. The lowest BCUT2D eigenvalue weighted by Gasteiger charge is -2.27. The van der Waals surface area contributed by atoms with Gasteiger partial charge in [-0.1, -0.05) is 30.0 Å². The minimum absolute atomic E-state index is 0.0626. The monoisotopic (exact) mass is 379 g/mol. The lowest BCUT2D eigenvalue weighted by molar-refractivity contribution is -0.319. The summed E-state index contributed by atoms with van der Waals surface area (Å²) in [5.74, 6) is -2.94. The van der Waals surface area contributed by atoms with E-state index in [0.717, 1.165) is 16.7 Å². The topological polar surface area (TPSA) is 119 Å².